The maximum Gasteiger partial charge on any atom is 0.416 e. The lowest BCUT2D eigenvalue weighted by Crippen LogP contribution is -2.53. The molecule has 1 N–H and O–H groups in total. The zero-order valence-corrected chi connectivity index (χ0v) is 25.8. The number of hydrogen-bond donors (Lipinski definition) is 1. The molecule has 7 nitrogen and oxygen atoms in total. The van der Waals surface area contributed by atoms with Gasteiger partial charge in [0.2, 0.25) is 11.8 Å². The molecule has 0 aliphatic carbocycles. The molecule has 3 rings (SSSR count). The minimum Gasteiger partial charge on any atom is -0.352 e. The predicted molar refractivity (Wildman–Crippen MR) is 161 cm³/mol. The molecule has 3 aromatic carbocycles. The normalized spacial score (nSPS) is 13.2. The number of halogens is 3. The molecule has 0 saturated carbocycles. The van der Waals surface area contributed by atoms with Crippen LogP contribution in [0.4, 0.5) is 18.9 Å². The van der Waals surface area contributed by atoms with Crippen LogP contribution in [0.5, 0.6) is 0 Å². The second kappa shape index (κ2) is 14.1. The highest BCUT2D eigenvalue weighted by atomic mass is 32.2. The minimum absolute atomic E-state index is 0.00104. The average Bonchev–Trinajstić information content (AvgIpc) is 2.96. The maximum atomic E-state index is 14.1. The van der Waals surface area contributed by atoms with Gasteiger partial charge in [0.25, 0.3) is 10.0 Å². The van der Waals surface area contributed by atoms with E-state index in [4.69, 9.17) is 0 Å². The standard InChI is InChI=1S/C32H38F3N3O4S/c1-6-24(5)36-31(40)29(7-2)37(20-25-12-9-8-11-23(25)4)30(39)21-38(27-14-10-13-26(19-27)32(33,34)35)43(41,42)28-17-15-22(3)16-18-28/h8-19,24,29H,6-7,20-21H2,1-5H3,(H,36,40)/t24-,29-/m1/s1. The lowest BCUT2D eigenvalue weighted by molar-refractivity contribution is -0.140. The number of alkyl halides is 3. The summed E-state index contributed by atoms with van der Waals surface area (Å²) >= 11 is 0. The van der Waals surface area contributed by atoms with Gasteiger partial charge < -0.3 is 10.2 Å². The van der Waals surface area contributed by atoms with E-state index in [-0.39, 0.29) is 29.6 Å². The van der Waals surface area contributed by atoms with E-state index in [9.17, 15) is 31.2 Å². The van der Waals surface area contributed by atoms with Gasteiger partial charge in [-0.1, -0.05) is 61.9 Å². The number of carbonyl (C=O) groups is 2. The number of anilines is 1. The van der Waals surface area contributed by atoms with Gasteiger partial charge in [-0.05, 0) is 75.1 Å². The highest BCUT2D eigenvalue weighted by molar-refractivity contribution is 7.92. The van der Waals surface area contributed by atoms with Gasteiger partial charge in [0.1, 0.15) is 12.6 Å². The van der Waals surface area contributed by atoms with E-state index >= 15 is 0 Å². The molecule has 11 heteroatoms. The predicted octanol–water partition coefficient (Wildman–Crippen LogP) is 6.24. The monoisotopic (exact) mass is 617 g/mol. The number of aryl methyl sites for hydroxylation is 2. The summed E-state index contributed by atoms with van der Waals surface area (Å²) < 4.78 is 69.5. The number of hydrogen-bond acceptors (Lipinski definition) is 4. The van der Waals surface area contributed by atoms with Crippen molar-refractivity contribution in [2.45, 2.75) is 77.2 Å². The van der Waals surface area contributed by atoms with E-state index in [1.54, 1.807) is 32.0 Å². The van der Waals surface area contributed by atoms with Crippen LogP contribution in [0.25, 0.3) is 0 Å². The molecular weight excluding hydrogens is 579 g/mol. The van der Waals surface area contributed by atoms with E-state index in [1.165, 1.54) is 23.1 Å². The molecule has 232 valence electrons. The van der Waals surface area contributed by atoms with Crippen LogP contribution in [0.2, 0.25) is 0 Å². The molecular formula is C32H38F3N3O4S. The molecule has 3 aromatic rings. The van der Waals surface area contributed by atoms with Gasteiger partial charge in [0.15, 0.2) is 0 Å². The summed E-state index contributed by atoms with van der Waals surface area (Å²) in [6.07, 6.45) is -3.85. The second-order valence-corrected chi connectivity index (χ2v) is 12.4. The number of sulfonamides is 1. The van der Waals surface area contributed by atoms with E-state index in [0.717, 1.165) is 28.8 Å². The summed E-state index contributed by atoms with van der Waals surface area (Å²) in [4.78, 5) is 28.6. The third-order valence-corrected chi connectivity index (χ3v) is 9.13. The van der Waals surface area contributed by atoms with Crippen molar-refractivity contribution in [2.24, 2.45) is 0 Å². The van der Waals surface area contributed by atoms with Crippen LogP contribution in [0.15, 0.2) is 77.7 Å². The molecule has 0 fully saturated rings. The Hall–Kier alpha value is -3.86. The van der Waals surface area contributed by atoms with Crippen molar-refractivity contribution >= 4 is 27.5 Å². The molecule has 2 amide bonds. The lowest BCUT2D eigenvalue weighted by atomic mass is 10.1. The highest BCUT2D eigenvalue weighted by Crippen LogP contribution is 2.33. The van der Waals surface area contributed by atoms with Crippen LogP contribution in [-0.4, -0.2) is 43.8 Å². The van der Waals surface area contributed by atoms with Gasteiger partial charge in [-0.3, -0.25) is 13.9 Å². The first-order valence-corrected chi connectivity index (χ1v) is 15.5. The number of carbonyl (C=O) groups excluding carboxylic acids is 2. The van der Waals surface area contributed by atoms with Gasteiger partial charge in [-0.25, -0.2) is 8.42 Å². The lowest BCUT2D eigenvalue weighted by Gasteiger charge is -2.34. The first kappa shape index (κ1) is 33.6. The van der Waals surface area contributed by atoms with Crippen molar-refractivity contribution in [2.75, 3.05) is 10.8 Å². The van der Waals surface area contributed by atoms with Crippen LogP contribution in [0.1, 0.15) is 55.9 Å². The Labute approximate surface area is 251 Å². The smallest absolute Gasteiger partial charge is 0.352 e. The van der Waals surface area contributed by atoms with Crippen LogP contribution < -0.4 is 9.62 Å². The molecule has 0 aliphatic heterocycles. The van der Waals surface area contributed by atoms with Crippen molar-refractivity contribution in [1.29, 1.82) is 0 Å². The average molecular weight is 618 g/mol. The zero-order chi connectivity index (χ0) is 31.9. The summed E-state index contributed by atoms with van der Waals surface area (Å²) in [5, 5.41) is 2.90. The number of rotatable bonds is 12. The van der Waals surface area contributed by atoms with Crippen LogP contribution in [0, 0.1) is 13.8 Å². The highest BCUT2D eigenvalue weighted by Gasteiger charge is 2.36. The SMILES string of the molecule is CC[C@@H](C)NC(=O)[C@@H](CC)N(Cc1ccccc1C)C(=O)CN(c1cccc(C(F)(F)F)c1)S(=O)(=O)c1ccc(C)cc1. The molecule has 0 saturated heterocycles. The van der Waals surface area contributed by atoms with Gasteiger partial charge in [0, 0.05) is 12.6 Å². The Balaban J connectivity index is 2.13. The number of nitrogens with zero attached hydrogens (tertiary/aromatic N) is 2. The number of amides is 2. The largest absolute Gasteiger partial charge is 0.416 e. The summed E-state index contributed by atoms with van der Waals surface area (Å²) in [6.45, 7) is 8.28. The van der Waals surface area contributed by atoms with Crippen LogP contribution in [-0.2, 0) is 32.3 Å². The van der Waals surface area contributed by atoms with Crippen molar-refractivity contribution in [1.82, 2.24) is 10.2 Å². The molecule has 0 radical (unpaired) electrons. The van der Waals surface area contributed by atoms with Gasteiger partial charge in [-0.15, -0.1) is 0 Å². The van der Waals surface area contributed by atoms with Crippen molar-refractivity contribution in [3.8, 4) is 0 Å². The van der Waals surface area contributed by atoms with Crippen molar-refractivity contribution < 1.29 is 31.2 Å². The molecule has 2 atom stereocenters. The van der Waals surface area contributed by atoms with E-state index in [2.05, 4.69) is 5.32 Å². The molecule has 0 spiro atoms. The minimum atomic E-state index is -4.74. The van der Waals surface area contributed by atoms with Gasteiger partial charge in [-0.2, -0.15) is 13.2 Å². The second-order valence-electron chi connectivity index (χ2n) is 10.6. The third kappa shape index (κ3) is 8.37. The Morgan fingerprint density at radius 1 is 0.907 bits per heavy atom. The molecule has 0 unspecified atom stereocenters. The zero-order valence-electron chi connectivity index (χ0n) is 25.0. The van der Waals surface area contributed by atoms with Crippen LogP contribution >= 0.6 is 0 Å². The maximum absolute atomic E-state index is 14.1. The van der Waals surface area contributed by atoms with Crippen LogP contribution in [0.3, 0.4) is 0 Å². The first-order chi connectivity index (χ1) is 20.2. The summed E-state index contributed by atoms with van der Waals surface area (Å²) in [7, 11) is -4.50. The van der Waals surface area contributed by atoms with E-state index < -0.39 is 46.2 Å². The molecule has 0 aromatic heterocycles. The quantitative estimate of drug-likeness (QED) is 0.261. The fraction of sp³-hybridized carbons (Fsp3) is 0.375. The van der Waals surface area contributed by atoms with E-state index in [1.807, 2.05) is 39.0 Å². The molecule has 0 aliphatic rings. The topological polar surface area (TPSA) is 86.8 Å². The fourth-order valence-corrected chi connectivity index (χ4v) is 5.94. The number of benzene rings is 3. The number of nitrogens with one attached hydrogen (secondary N) is 1. The van der Waals surface area contributed by atoms with E-state index in [0.29, 0.717) is 16.8 Å². The Bertz CT molecular complexity index is 1530. The molecule has 43 heavy (non-hydrogen) atoms. The molecule has 0 heterocycles. The molecule has 0 bridgehead atoms. The Kier molecular flexibility index (Phi) is 11.0. The van der Waals surface area contributed by atoms with Gasteiger partial charge in [0.05, 0.1) is 16.1 Å². The summed E-state index contributed by atoms with van der Waals surface area (Å²) in [5.74, 6) is -1.13. The van der Waals surface area contributed by atoms with Crippen molar-refractivity contribution in [3.63, 3.8) is 0 Å². The Morgan fingerprint density at radius 2 is 1.56 bits per heavy atom. The Morgan fingerprint density at radius 3 is 2.14 bits per heavy atom. The third-order valence-electron chi connectivity index (χ3n) is 7.34. The first-order valence-electron chi connectivity index (χ1n) is 14.1. The summed E-state index contributed by atoms with van der Waals surface area (Å²) in [6, 6.07) is 15.8. The summed E-state index contributed by atoms with van der Waals surface area (Å²) in [5.41, 5.74) is 1.01. The van der Waals surface area contributed by atoms with Crippen molar-refractivity contribution in [3.05, 3.63) is 95.1 Å². The fourth-order valence-electron chi connectivity index (χ4n) is 4.54. The van der Waals surface area contributed by atoms with Gasteiger partial charge >= 0.3 is 6.18 Å².